The number of rotatable bonds is 51. The van der Waals surface area contributed by atoms with Crippen molar-refractivity contribution in [2.24, 2.45) is 0 Å². The van der Waals surface area contributed by atoms with Crippen molar-refractivity contribution in [2.45, 2.75) is 374 Å². The third-order valence-electron chi connectivity index (χ3n) is 18.6. The fraction of sp³-hybridized carbons (Fsp3) is 0.941. The normalized spacial score (nSPS) is 32.4. The largest absolute Gasteiger partial charge is 0.394 e. The lowest BCUT2D eigenvalue weighted by Gasteiger charge is -2.50. The lowest BCUT2D eigenvalue weighted by molar-refractivity contribution is -0.380. The zero-order valence-electron chi connectivity index (χ0n) is 56.3. The molecule has 4 aliphatic rings. The van der Waals surface area contributed by atoms with E-state index in [0.29, 0.717) is 12.8 Å². The molecule has 0 aromatic rings. The van der Waals surface area contributed by atoms with Crippen molar-refractivity contribution in [1.82, 2.24) is 10.6 Å². The van der Waals surface area contributed by atoms with Crippen LogP contribution in [0.4, 0.5) is 0 Å². The molecule has 15 N–H and O–H groups in total. The van der Waals surface area contributed by atoms with Gasteiger partial charge in [0.15, 0.2) is 25.2 Å². The summed E-state index contributed by atoms with van der Waals surface area (Å²) in [6.45, 7) is 1.63. The molecule has 1 unspecified atom stereocenters. The van der Waals surface area contributed by atoms with Crippen LogP contribution in [0.2, 0.25) is 0 Å². The van der Waals surface area contributed by atoms with Gasteiger partial charge in [-0.05, 0) is 19.3 Å². The summed E-state index contributed by atoms with van der Waals surface area (Å²) < 4.78 is 46.8. The second kappa shape index (κ2) is 48.6. The van der Waals surface area contributed by atoms with E-state index in [9.17, 15) is 76.0 Å². The number of hydrogen-bond donors (Lipinski definition) is 15. The third-order valence-corrected chi connectivity index (χ3v) is 18.6. The average Bonchev–Trinajstić information content (AvgIpc) is 0.808. The van der Waals surface area contributed by atoms with Crippen LogP contribution in [-0.2, 0) is 47.5 Å². The van der Waals surface area contributed by atoms with Gasteiger partial charge in [0.05, 0.1) is 45.2 Å². The molecule has 2 amide bonds. The van der Waals surface area contributed by atoms with Gasteiger partial charge in [-0.1, -0.05) is 219 Å². The number of nitrogens with one attached hydrogen (secondary N) is 2. The van der Waals surface area contributed by atoms with Crippen molar-refractivity contribution in [3.63, 3.8) is 0 Å². The highest BCUT2D eigenvalue weighted by molar-refractivity contribution is 5.76. The predicted octanol–water partition coefficient (Wildman–Crippen LogP) is 4.12. The van der Waals surface area contributed by atoms with Crippen LogP contribution in [0.15, 0.2) is 12.2 Å². The van der Waals surface area contributed by atoms with E-state index in [4.69, 9.17) is 37.9 Å². The molecule has 4 saturated heterocycles. The Morgan fingerprint density at radius 2 is 0.774 bits per heavy atom. The van der Waals surface area contributed by atoms with E-state index in [1.165, 1.54) is 154 Å². The van der Waals surface area contributed by atoms with Crippen LogP contribution in [-0.4, -0.2) is 246 Å². The highest BCUT2D eigenvalue weighted by Gasteiger charge is 2.56. The van der Waals surface area contributed by atoms with Gasteiger partial charge in [0.2, 0.25) is 11.8 Å². The molecule has 93 heavy (non-hydrogen) atoms. The first-order valence-corrected chi connectivity index (χ1v) is 35.9. The van der Waals surface area contributed by atoms with Crippen LogP contribution >= 0.6 is 0 Å². The molecule has 0 saturated carbocycles. The average molecular weight is 1340 g/mol. The standard InChI is InChI=1S/C68H126N2O23/c1-4-6-8-10-12-14-16-18-19-20-21-22-23-24-25-27-29-31-33-35-37-39-52(77)70-46(47(76)38-36-34-32-30-28-26-17-15-13-11-9-7-5-2)44-86-66-60(84)57(81)63(50(42-73)89-66)92-68-61(85)58(82)62(51(43-74)90-68)91-65-53(69-45(3)75)64(55(79)49(41-72)87-65)93-67-59(83)56(80)54(78)48(40-71)88-67/h36,38,46-51,53-68,71-74,76,78-85H,4-35,37,39-44H2,1-3H3,(H,69,75)(H,70,77)/t46-,47+,48+,49+,50+,51+,53+,54-,55-,56-,57+,58+,59+,60?,61+,62-,63+,64+,65-,66+,67-,68-/m0/s1. The molecule has 0 spiro atoms. The van der Waals surface area contributed by atoms with Crippen LogP contribution in [0.1, 0.15) is 239 Å². The van der Waals surface area contributed by atoms with Gasteiger partial charge in [0.1, 0.15) is 97.6 Å². The molecule has 546 valence electrons. The minimum Gasteiger partial charge on any atom is -0.394 e. The molecule has 25 heteroatoms. The number of hydrogen-bond acceptors (Lipinski definition) is 23. The maximum atomic E-state index is 13.5. The van der Waals surface area contributed by atoms with Crippen LogP contribution in [0, 0.1) is 0 Å². The Labute approximate surface area is 553 Å². The lowest BCUT2D eigenvalue weighted by atomic mass is 9.94. The van der Waals surface area contributed by atoms with Crippen LogP contribution in [0.5, 0.6) is 0 Å². The van der Waals surface area contributed by atoms with Gasteiger partial charge >= 0.3 is 0 Å². The highest BCUT2D eigenvalue weighted by Crippen LogP contribution is 2.35. The van der Waals surface area contributed by atoms with E-state index in [1.807, 2.05) is 6.08 Å². The molecule has 22 atom stereocenters. The smallest absolute Gasteiger partial charge is 0.220 e. The first kappa shape index (κ1) is 83.3. The number of ether oxygens (including phenoxy) is 8. The zero-order valence-corrected chi connectivity index (χ0v) is 56.3. The monoisotopic (exact) mass is 1340 g/mol. The summed E-state index contributed by atoms with van der Waals surface area (Å²) in [4.78, 5) is 26.1. The number of aliphatic hydroxyl groups excluding tert-OH is 13. The van der Waals surface area contributed by atoms with Gasteiger partial charge in [-0.3, -0.25) is 9.59 Å². The molecule has 0 aromatic carbocycles. The van der Waals surface area contributed by atoms with Crippen molar-refractivity contribution < 1.29 is 114 Å². The summed E-state index contributed by atoms with van der Waals surface area (Å²) in [5, 5.41) is 147. The summed E-state index contributed by atoms with van der Waals surface area (Å²) in [6, 6.07) is -2.62. The van der Waals surface area contributed by atoms with Gasteiger partial charge < -0.3 is 115 Å². The number of allylic oxidation sites excluding steroid dienone is 1. The van der Waals surface area contributed by atoms with E-state index in [1.54, 1.807) is 6.08 Å². The number of carbonyl (C=O) groups excluding carboxylic acids is 2. The van der Waals surface area contributed by atoms with E-state index in [0.717, 1.165) is 51.9 Å². The molecular formula is C68H126N2O23. The SMILES string of the molecule is CCCCCCCCCCCCCC=C[C@@H](O)[C@H](CO[C@@H]1O[C@H](CO)[C@@H](O[C@@H]2O[C@H](CO)[C@H](O[C@@H]3O[C@H](CO)[C@H](O)[C@H](O[C@@H]4O[C@H](CO)[C@H](O)[C@H](O)[C@H]4O)[C@H]3NC(C)=O)[C@H](O)[C@H]2O)[C@H](O)C1O)NC(=O)CCCCCCCCCCCCCCCCCCCCCCC. The maximum absolute atomic E-state index is 13.5. The fourth-order valence-corrected chi connectivity index (χ4v) is 12.8. The molecule has 4 heterocycles. The number of aliphatic hydroxyl groups is 13. The second-order valence-electron chi connectivity index (χ2n) is 26.4. The highest BCUT2D eigenvalue weighted by atomic mass is 16.8. The van der Waals surface area contributed by atoms with E-state index >= 15 is 0 Å². The van der Waals surface area contributed by atoms with E-state index < -0.39 is 174 Å². The van der Waals surface area contributed by atoms with Crippen molar-refractivity contribution in [1.29, 1.82) is 0 Å². The fourth-order valence-electron chi connectivity index (χ4n) is 12.8. The van der Waals surface area contributed by atoms with Gasteiger partial charge in [-0.25, -0.2) is 0 Å². The topological polar surface area (TPSA) is 395 Å². The van der Waals surface area contributed by atoms with Crippen molar-refractivity contribution >= 4 is 11.8 Å². The second-order valence-corrected chi connectivity index (χ2v) is 26.4. The predicted molar refractivity (Wildman–Crippen MR) is 345 cm³/mol. The molecule has 4 rings (SSSR count). The number of carbonyl (C=O) groups is 2. The minimum absolute atomic E-state index is 0.218. The molecule has 25 nitrogen and oxygen atoms in total. The molecule has 0 aliphatic carbocycles. The molecule has 4 fully saturated rings. The Bertz CT molecular complexity index is 1930. The van der Waals surface area contributed by atoms with E-state index in [-0.39, 0.29) is 12.3 Å². The molecule has 4 aliphatic heterocycles. The van der Waals surface area contributed by atoms with E-state index in [2.05, 4.69) is 24.5 Å². The maximum Gasteiger partial charge on any atom is 0.220 e. The van der Waals surface area contributed by atoms with Gasteiger partial charge in [-0.15, -0.1) is 0 Å². The number of unbranched alkanes of at least 4 members (excludes halogenated alkanes) is 31. The van der Waals surface area contributed by atoms with Crippen molar-refractivity contribution in [3.8, 4) is 0 Å². The molecule has 0 bridgehead atoms. The first-order valence-electron chi connectivity index (χ1n) is 35.9. The molecular weight excluding hydrogens is 1210 g/mol. The van der Waals surface area contributed by atoms with Crippen LogP contribution < -0.4 is 10.6 Å². The van der Waals surface area contributed by atoms with Gasteiger partial charge in [-0.2, -0.15) is 0 Å². The van der Waals surface area contributed by atoms with Crippen molar-refractivity contribution in [3.05, 3.63) is 12.2 Å². The Kier molecular flexibility index (Phi) is 43.5. The minimum atomic E-state index is -2.10. The summed E-state index contributed by atoms with van der Waals surface area (Å²) >= 11 is 0. The first-order chi connectivity index (χ1) is 45.0. The Balaban J connectivity index is 1.30. The molecule has 0 aromatic heterocycles. The quantitative estimate of drug-likeness (QED) is 0.0301. The Hall–Kier alpha value is -2.16. The summed E-state index contributed by atoms with van der Waals surface area (Å²) in [7, 11) is 0. The third kappa shape index (κ3) is 29.7. The van der Waals surface area contributed by atoms with Crippen molar-refractivity contribution in [2.75, 3.05) is 33.0 Å². The zero-order chi connectivity index (χ0) is 67.9. The van der Waals surface area contributed by atoms with Crippen LogP contribution in [0.3, 0.4) is 0 Å². The Morgan fingerprint density at radius 1 is 0.419 bits per heavy atom. The molecule has 0 radical (unpaired) electrons. The lowest BCUT2D eigenvalue weighted by Crippen LogP contribution is -2.70. The number of amides is 2. The summed E-state index contributed by atoms with van der Waals surface area (Å²) in [6.07, 6.45) is 8.53. The van der Waals surface area contributed by atoms with Gasteiger partial charge in [0.25, 0.3) is 0 Å². The Morgan fingerprint density at radius 3 is 1.22 bits per heavy atom. The summed E-state index contributed by atoms with van der Waals surface area (Å²) in [5.41, 5.74) is 0. The van der Waals surface area contributed by atoms with Gasteiger partial charge in [0, 0.05) is 13.3 Å². The van der Waals surface area contributed by atoms with Crippen LogP contribution in [0.25, 0.3) is 0 Å². The summed E-state index contributed by atoms with van der Waals surface area (Å²) in [5.74, 6) is -1.06.